The van der Waals surface area contributed by atoms with Gasteiger partial charge >= 0.3 is 0 Å². The number of hydrogen-bond acceptors (Lipinski definition) is 3. The van der Waals surface area contributed by atoms with Gasteiger partial charge in [0.05, 0.1) is 0 Å². The number of aromatic amines is 1. The van der Waals surface area contributed by atoms with Crippen molar-refractivity contribution >= 4 is 10.9 Å². The van der Waals surface area contributed by atoms with E-state index in [1.807, 2.05) is 4.68 Å². The Morgan fingerprint density at radius 1 is 1.29 bits per heavy atom. The molecule has 0 radical (unpaired) electrons. The van der Waals surface area contributed by atoms with Gasteiger partial charge in [-0.1, -0.05) is 18.2 Å². The van der Waals surface area contributed by atoms with Crippen LogP contribution in [0.2, 0.25) is 0 Å². The highest BCUT2D eigenvalue weighted by atomic mass is 15.3. The van der Waals surface area contributed by atoms with Crippen LogP contribution in [0, 0.1) is 0 Å². The molecule has 5 nitrogen and oxygen atoms in total. The molecule has 2 heterocycles. The molecule has 0 bridgehead atoms. The van der Waals surface area contributed by atoms with Gasteiger partial charge in [-0.2, -0.15) is 5.10 Å². The second kappa shape index (κ2) is 5.33. The Bertz CT molecular complexity index is 719. The minimum atomic E-state index is -0.203. The molecule has 0 unspecified atom stereocenters. The first-order chi connectivity index (χ1) is 10.0. The average Bonchev–Trinajstić information content (AvgIpc) is 3.05. The molecule has 1 aromatic carbocycles. The maximum absolute atomic E-state index is 6.15. The maximum Gasteiger partial charge on any atom is 0.137 e. The van der Waals surface area contributed by atoms with Gasteiger partial charge in [0.1, 0.15) is 12.7 Å². The predicted octanol–water partition coefficient (Wildman–Crippen LogP) is 2.28. The summed E-state index contributed by atoms with van der Waals surface area (Å²) in [6, 6.07) is 6.43. The number of nitrogens with one attached hydrogen (secondary N) is 1. The van der Waals surface area contributed by atoms with E-state index in [9.17, 15) is 0 Å². The molecule has 0 aliphatic rings. The van der Waals surface area contributed by atoms with Crippen molar-refractivity contribution in [2.45, 2.75) is 38.8 Å². The third-order valence-electron chi connectivity index (χ3n) is 3.61. The summed E-state index contributed by atoms with van der Waals surface area (Å²) in [6.45, 7) is 4.94. The number of aromatic nitrogens is 4. The van der Waals surface area contributed by atoms with Gasteiger partial charge in [0.25, 0.3) is 0 Å². The van der Waals surface area contributed by atoms with Gasteiger partial charge in [0, 0.05) is 29.2 Å². The zero-order valence-corrected chi connectivity index (χ0v) is 12.5. The summed E-state index contributed by atoms with van der Waals surface area (Å²) in [7, 11) is 0. The van der Waals surface area contributed by atoms with Gasteiger partial charge in [0.2, 0.25) is 0 Å². The van der Waals surface area contributed by atoms with Crippen molar-refractivity contribution in [2.24, 2.45) is 5.73 Å². The number of nitrogens with zero attached hydrogens (tertiary/aromatic N) is 3. The number of para-hydroxylation sites is 1. The fourth-order valence-corrected chi connectivity index (χ4v) is 2.70. The lowest BCUT2D eigenvalue weighted by atomic mass is 9.95. The number of hydrogen-bond donors (Lipinski definition) is 2. The van der Waals surface area contributed by atoms with E-state index in [0.717, 1.165) is 19.4 Å². The lowest BCUT2D eigenvalue weighted by Gasteiger charge is -2.17. The molecule has 0 saturated heterocycles. The van der Waals surface area contributed by atoms with Crippen molar-refractivity contribution in [1.82, 2.24) is 19.7 Å². The third-order valence-corrected chi connectivity index (χ3v) is 3.61. The van der Waals surface area contributed by atoms with Crippen LogP contribution in [0.4, 0.5) is 0 Å². The Kier molecular flexibility index (Phi) is 3.51. The number of aryl methyl sites for hydroxylation is 2. The minimum absolute atomic E-state index is 0.203. The highest BCUT2D eigenvalue weighted by molar-refractivity contribution is 5.86. The third kappa shape index (κ3) is 3.13. The topological polar surface area (TPSA) is 72.5 Å². The molecule has 0 fully saturated rings. The molecule has 2 aromatic heterocycles. The standard InChI is InChI=1S/C16H21N5/c1-16(2,17)8-13-9-19-15-12(4-3-5-14(13)15)6-7-21-11-18-10-20-21/h3-5,9-11,19H,6-8,17H2,1-2H3. The van der Waals surface area contributed by atoms with Crippen LogP contribution in [0.1, 0.15) is 25.0 Å². The van der Waals surface area contributed by atoms with Crippen LogP contribution in [0.25, 0.3) is 10.9 Å². The first kappa shape index (κ1) is 13.8. The normalized spacial score (nSPS) is 12.1. The summed E-state index contributed by atoms with van der Waals surface area (Å²) < 4.78 is 1.85. The van der Waals surface area contributed by atoms with Crippen LogP contribution in [-0.2, 0) is 19.4 Å². The van der Waals surface area contributed by atoms with Crippen LogP contribution in [-0.4, -0.2) is 25.3 Å². The van der Waals surface area contributed by atoms with E-state index in [4.69, 9.17) is 5.73 Å². The molecule has 5 heteroatoms. The quantitative estimate of drug-likeness (QED) is 0.754. The van der Waals surface area contributed by atoms with Crippen molar-refractivity contribution in [3.63, 3.8) is 0 Å². The van der Waals surface area contributed by atoms with E-state index in [-0.39, 0.29) is 5.54 Å². The lowest BCUT2D eigenvalue weighted by molar-refractivity contribution is 0.518. The predicted molar refractivity (Wildman–Crippen MR) is 84.0 cm³/mol. The van der Waals surface area contributed by atoms with Crippen LogP contribution in [0.3, 0.4) is 0 Å². The van der Waals surface area contributed by atoms with Crippen LogP contribution >= 0.6 is 0 Å². The van der Waals surface area contributed by atoms with Gasteiger partial charge < -0.3 is 10.7 Å². The van der Waals surface area contributed by atoms with Crippen LogP contribution in [0.5, 0.6) is 0 Å². The van der Waals surface area contributed by atoms with Gasteiger partial charge in [-0.15, -0.1) is 0 Å². The van der Waals surface area contributed by atoms with E-state index >= 15 is 0 Å². The molecule has 21 heavy (non-hydrogen) atoms. The summed E-state index contributed by atoms with van der Waals surface area (Å²) in [5.74, 6) is 0. The molecule has 0 amide bonds. The van der Waals surface area contributed by atoms with Crippen molar-refractivity contribution in [1.29, 1.82) is 0 Å². The summed E-state index contributed by atoms with van der Waals surface area (Å²) in [5, 5.41) is 5.41. The molecular formula is C16H21N5. The maximum atomic E-state index is 6.15. The number of H-pyrrole nitrogens is 1. The first-order valence-electron chi connectivity index (χ1n) is 7.22. The Morgan fingerprint density at radius 3 is 2.86 bits per heavy atom. The fourth-order valence-electron chi connectivity index (χ4n) is 2.70. The summed E-state index contributed by atoms with van der Waals surface area (Å²) in [4.78, 5) is 7.38. The lowest BCUT2D eigenvalue weighted by Crippen LogP contribution is -2.34. The van der Waals surface area contributed by atoms with E-state index < -0.39 is 0 Å². The van der Waals surface area contributed by atoms with Gasteiger partial charge in [0.15, 0.2) is 0 Å². The number of fused-ring (bicyclic) bond motifs is 1. The van der Waals surface area contributed by atoms with Crippen molar-refractivity contribution < 1.29 is 0 Å². The van der Waals surface area contributed by atoms with Gasteiger partial charge in [-0.3, -0.25) is 4.68 Å². The van der Waals surface area contributed by atoms with E-state index in [1.54, 1.807) is 12.7 Å². The van der Waals surface area contributed by atoms with Crippen molar-refractivity contribution in [3.8, 4) is 0 Å². The fraction of sp³-hybridized carbons (Fsp3) is 0.375. The Morgan fingerprint density at radius 2 is 2.14 bits per heavy atom. The average molecular weight is 283 g/mol. The summed E-state index contributed by atoms with van der Waals surface area (Å²) in [6.07, 6.45) is 7.18. The molecule has 0 atom stereocenters. The Hall–Kier alpha value is -2.14. The van der Waals surface area contributed by atoms with E-state index in [2.05, 4.69) is 53.3 Å². The zero-order valence-electron chi connectivity index (χ0n) is 12.5. The van der Waals surface area contributed by atoms with Gasteiger partial charge in [-0.05, 0) is 37.8 Å². The SMILES string of the molecule is CC(C)(N)Cc1c[nH]c2c(CCn3cncn3)cccc12. The minimum Gasteiger partial charge on any atom is -0.361 e. The van der Waals surface area contributed by atoms with Crippen molar-refractivity contribution in [2.75, 3.05) is 0 Å². The molecule has 0 aliphatic carbocycles. The Balaban J connectivity index is 1.86. The number of benzene rings is 1. The zero-order chi connectivity index (χ0) is 14.9. The second-order valence-corrected chi connectivity index (χ2v) is 6.23. The highest BCUT2D eigenvalue weighted by Crippen LogP contribution is 2.24. The second-order valence-electron chi connectivity index (χ2n) is 6.23. The van der Waals surface area contributed by atoms with Crippen LogP contribution in [0.15, 0.2) is 37.1 Å². The highest BCUT2D eigenvalue weighted by Gasteiger charge is 2.15. The van der Waals surface area contributed by atoms with E-state index in [0.29, 0.717) is 0 Å². The molecule has 3 rings (SSSR count). The number of nitrogens with two attached hydrogens (primary N) is 1. The summed E-state index contributed by atoms with van der Waals surface area (Å²) in [5.41, 5.74) is 9.72. The van der Waals surface area contributed by atoms with Gasteiger partial charge in [-0.25, -0.2) is 4.98 Å². The molecule has 0 spiro atoms. The molecule has 110 valence electrons. The smallest absolute Gasteiger partial charge is 0.137 e. The molecule has 3 N–H and O–H groups in total. The number of rotatable bonds is 5. The van der Waals surface area contributed by atoms with Crippen LogP contribution < -0.4 is 5.73 Å². The molecule has 3 aromatic rings. The molecular weight excluding hydrogens is 262 g/mol. The molecule has 0 saturated carbocycles. The Labute approximate surface area is 124 Å². The van der Waals surface area contributed by atoms with Crippen molar-refractivity contribution in [3.05, 3.63) is 48.2 Å². The monoisotopic (exact) mass is 283 g/mol. The summed E-state index contributed by atoms with van der Waals surface area (Å²) >= 11 is 0. The first-order valence-corrected chi connectivity index (χ1v) is 7.22. The molecule has 0 aliphatic heterocycles. The van der Waals surface area contributed by atoms with E-state index in [1.165, 1.54) is 22.0 Å². The largest absolute Gasteiger partial charge is 0.361 e.